The van der Waals surface area contributed by atoms with E-state index in [-0.39, 0.29) is 56.8 Å². The summed E-state index contributed by atoms with van der Waals surface area (Å²) in [4.78, 5) is 81.6. The number of Topliss-reactive ketones (excluding diaryl/α,β-unsaturated/α-hetero) is 1. The molecule has 34 nitrogen and oxygen atoms in total. The van der Waals surface area contributed by atoms with E-state index in [1.54, 1.807) is 95.6 Å². The minimum absolute atomic E-state index is 0. The molecule has 5 N–H and O–H groups in total. The largest absolute Gasteiger partial charge is 0.496 e. The molecule has 2 aliphatic heterocycles. The molecule has 0 aliphatic carbocycles. The molecular weight excluding hydrogens is 1860 g/mol. The van der Waals surface area contributed by atoms with E-state index in [9.17, 15) is 4.79 Å². The molecule has 17 rings (SSSR count). The number of rotatable bonds is 44. The number of carbonyl (C=O) groups is 1. The van der Waals surface area contributed by atoms with Crippen molar-refractivity contribution in [2.75, 3.05) is 71.6 Å². The molecule has 39 heteroatoms. The molecule has 0 bridgehead atoms. The van der Waals surface area contributed by atoms with Gasteiger partial charge in [0.2, 0.25) is 34.5 Å². The summed E-state index contributed by atoms with van der Waals surface area (Å²) in [6.07, 6.45) is 37.1. The minimum Gasteiger partial charge on any atom is -0.496 e. The summed E-state index contributed by atoms with van der Waals surface area (Å²) in [5, 5.41) is 10.4. The van der Waals surface area contributed by atoms with E-state index in [0.717, 1.165) is 207 Å². The third kappa shape index (κ3) is 29.4. The standard InChI is InChI=1S/C36H47N7O5Si.C32H45N5O5Si.C28H29N7O3.C4H3ClN2.2H2S/c1-26-11-12-27-22-28(32(44-2)23-30(27)41-26)31-24-40-33(43(31)25-45-20-21-49(3,4)5)29(42-35-38-14-9-15-39-35)10-7-6-8-13-36(47-18-19-48-36)34-37-16-17-46-34;1-23-10-11-24-19-25(29(38-2)20-27(24)36-23)28-21-35-30(37(28)22-39-17-18-43(3,4)5)26(33)9-7-6-8-12-32(41-15-16-42-32)31-34-13-14-40-31;1-18-9-10-19-15-20(25(37-2)16-22(19)33-18)23-17-32-26(34-23)21(35-28-30-11-6-12-31-28)7-4-3-5-8-24(36)27-29-13-14-38-27;5-4-6-2-1-3-7-4;;/h9,11-12,14-17,22-24,29H,6-8,10,13,18-21,25H2,1-5H3,(H,38,39,42);10-11,13-14,19-21,26H,6-9,12,15-18,22,33H2,1-5H3;6,9-17,21H,3-5,7-8H2,1-2H3,(H,32,34)(H,30,31,35);1-3H;2*1H2/t29-;26-;21-;;;/m000.../s1. The first-order valence-electron chi connectivity index (χ1n) is 46.7. The van der Waals surface area contributed by atoms with Crippen molar-refractivity contribution in [3.63, 3.8) is 0 Å². The number of nitrogens with zero attached hydrogens (tertiary/aromatic N) is 17. The van der Waals surface area contributed by atoms with Crippen LogP contribution in [0.2, 0.25) is 56.7 Å². The van der Waals surface area contributed by atoms with Crippen molar-refractivity contribution >= 4 is 105 Å². The average molecular weight is 1990 g/mol. The lowest BCUT2D eigenvalue weighted by molar-refractivity contribution is -0.187. The number of ketones is 1. The second-order valence-electron chi connectivity index (χ2n) is 36.1. The summed E-state index contributed by atoms with van der Waals surface area (Å²) in [6.45, 7) is 24.3. The van der Waals surface area contributed by atoms with Gasteiger partial charge in [0.1, 0.15) is 67.0 Å². The fourth-order valence-electron chi connectivity index (χ4n) is 16.2. The summed E-state index contributed by atoms with van der Waals surface area (Å²) in [5.74, 6) is 4.96. The molecule has 0 radical (unpaired) electrons. The molecule has 12 aromatic heterocycles. The van der Waals surface area contributed by atoms with Gasteiger partial charge >= 0.3 is 0 Å². The van der Waals surface area contributed by atoms with Gasteiger partial charge in [-0.25, -0.2) is 59.8 Å². The van der Waals surface area contributed by atoms with Crippen LogP contribution in [-0.4, -0.2) is 172 Å². The van der Waals surface area contributed by atoms with Crippen LogP contribution in [0.3, 0.4) is 0 Å². The topological polar surface area (TPSA) is 409 Å². The molecule has 14 heterocycles. The number of unbranched alkanes of at least 4 members (excludes halogenated alkanes) is 6. The molecule has 0 spiro atoms. The predicted molar refractivity (Wildman–Crippen MR) is 549 cm³/mol. The van der Waals surface area contributed by atoms with Gasteiger partial charge in [0.15, 0.2) is 0 Å². The third-order valence-electron chi connectivity index (χ3n) is 23.5. The van der Waals surface area contributed by atoms with Gasteiger partial charge in [-0.05, 0) is 138 Å². The van der Waals surface area contributed by atoms with Gasteiger partial charge in [-0.2, -0.15) is 27.0 Å². The van der Waals surface area contributed by atoms with Crippen molar-refractivity contribution in [2.24, 2.45) is 5.73 Å². The van der Waals surface area contributed by atoms with Gasteiger partial charge in [-0.1, -0.05) is 96.0 Å². The van der Waals surface area contributed by atoms with Crippen molar-refractivity contribution in [2.45, 2.75) is 212 Å². The summed E-state index contributed by atoms with van der Waals surface area (Å²) >= 11 is 5.32. The van der Waals surface area contributed by atoms with Gasteiger partial charge < -0.3 is 86.4 Å². The lowest BCUT2D eigenvalue weighted by Crippen LogP contribution is -2.27. The van der Waals surface area contributed by atoms with E-state index >= 15 is 0 Å². The number of halogens is 1. The number of hydrogen-bond acceptors (Lipinski definition) is 31. The van der Waals surface area contributed by atoms with Gasteiger partial charge in [0.05, 0.1) is 137 Å². The maximum absolute atomic E-state index is 12.1. The fraction of sp³-hybridized carbons (Fsp3) is 0.420. The van der Waals surface area contributed by atoms with E-state index in [1.807, 2.05) is 81.8 Å². The highest BCUT2D eigenvalue weighted by Crippen LogP contribution is 2.43. The number of pyridine rings is 3. The Morgan fingerprint density at radius 1 is 0.475 bits per heavy atom. The molecule has 2 saturated heterocycles. The van der Waals surface area contributed by atoms with Crippen LogP contribution in [0, 0.1) is 20.8 Å². The number of nitrogens with one attached hydrogen (secondary N) is 3. The molecule has 0 unspecified atom stereocenters. The summed E-state index contributed by atoms with van der Waals surface area (Å²) in [5.41, 5.74) is 17.8. The SMILES string of the molecule is COc1cc2nc(C)ccc2cc1-c1cnc([C@@H](N)CCCCCC2(c3ncco3)OCCO2)n1COCC[Si](C)(C)C.COc1cc2nc(C)ccc2cc1-c1cnc([C@H](CCCCCC(=O)c2ncco2)Nc2ncccn2)[nH]1.COc1cc2nc(C)ccc2cc1-c1cnc([C@H](CCCCCC2(c3ncco3)OCCO2)Nc2ncccn2)n1COCC[Si](C)(C)C.Clc1ncccn1.S.S. The summed E-state index contributed by atoms with van der Waals surface area (Å²) in [7, 11) is 2.52. The number of fused-ring (bicyclic) bond motifs is 3. The smallest absolute Gasteiger partial charge is 0.263 e. The number of anilines is 2. The highest BCUT2D eigenvalue weighted by atomic mass is 35.5. The Labute approximate surface area is 831 Å². The van der Waals surface area contributed by atoms with Gasteiger partial charge in [-0.15, -0.1) is 0 Å². The molecule has 0 saturated carbocycles. The molecule has 0 amide bonds. The Kier molecular flexibility index (Phi) is 39.2. The lowest BCUT2D eigenvalue weighted by Gasteiger charge is -2.24. The zero-order chi connectivity index (χ0) is 96.2. The zero-order valence-electron chi connectivity index (χ0n) is 81.1. The first-order chi connectivity index (χ1) is 66.4. The molecular formula is C100H128ClN21O13S2Si2. The highest BCUT2D eigenvalue weighted by molar-refractivity contribution is 7.59. The number of hydrogen-bond donors (Lipinski definition) is 4. The number of H-pyrrole nitrogens is 1. The number of aryl methyl sites for hydroxylation is 3. The number of aromatic nitrogens is 18. The van der Waals surface area contributed by atoms with Crippen LogP contribution in [-0.2, 0) is 53.5 Å². The van der Waals surface area contributed by atoms with Crippen LogP contribution in [0.15, 0.2) is 197 Å². The maximum Gasteiger partial charge on any atom is 0.263 e. The number of oxazole rings is 3. The molecule has 3 atom stereocenters. The van der Waals surface area contributed by atoms with Crippen molar-refractivity contribution in [3.05, 3.63) is 242 Å². The van der Waals surface area contributed by atoms with E-state index in [4.69, 9.17) is 93.2 Å². The van der Waals surface area contributed by atoms with Crippen LogP contribution >= 0.6 is 38.6 Å². The summed E-state index contributed by atoms with van der Waals surface area (Å²) < 4.78 is 74.3. The van der Waals surface area contributed by atoms with E-state index in [2.05, 4.69) is 155 Å². The van der Waals surface area contributed by atoms with E-state index in [1.165, 1.54) is 12.5 Å². The molecule has 139 heavy (non-hydrogen) atoms. The first-order valence-corrected chi connectivity index (χ1v) is 54.4. The van der Waals surface area contributed by atoms with Gasteiger partial charge in [0.25, 0.3) is 17.7 Å². The number of methoxy groups -OCH3 is 3. The van der Waals surface area contributed by atoms with Crippen molar-refractivity contribution in [1.29, 1.82) is 0 Å². The number of nitrogens with two attached hydrogens (primary N) is 1. The molecule has 2 aliphatic rings. The average Bonchev–Trinajstić information content (AvgIpc) is 1.72. The number of aromatic amines is 1. The summed E-state index contributed by atoms with van der Waals surface area (Å²) in [6, 6.07) is 31.4. The number of benzene rings is 3. The number of imidazole rings is 3. The Bertz CT molecular complexity index is 6270. The van der Waals surface area contributed by atoms with E-state index in [0.29, 0.717) is 101 Å². The van der Waals surface area contributed by atoms with E-state index < -0.39 is 27.7 Å². The second kappa shape index (κ2) is 51.4. The molecule has 15 aromatic rings. The highest BCUT2D eigenvalue weighted by Gasteiger charge is 2.44. The number of carbonyl (C=O) groups excluding carboxylic acids is 1. The Balaban J connectivity index is 0.000000180. The van der Waals surface area contributed by atoms with Crippen molar-refractivity contribution < 1.29 is 60.7 Å². The molecule has 2 fully saturated rings. The van der Waals surface area contributed by atoms with Crippen LogP contribution in [0.5, 0.6) is 17.2 Å². The van der Waals surface area contributed by atoms with Gasteiger partial charge in [0, 0.05) is 154 Å². The van der Waals surface area contributed by atoms with Crippen LogP contribution in [0.4, 0.5) is 11.9 Å². The fourth-order valence-corrected chi connectivity index (χ4v) is 17.8. The van der Waals surface area contributed by atoms with Gasteiger partial charge in [-0.3, -0.25) is 19.7 Å². The first kappa shape index (κ1) is 106. The van der Waals surface area contributed by atoms with Crippen LogP contribution in [0.25, 0.3) is 66.5 Å². The second-order valence-corrected chi connectivity index (χ2v) is 47.7. The molecule has 738 valence electrons. The Morgan fingerprint density at radius 3 is 1.33 bits per heavy atom. The number of ether oxygens (including phenoxy) is 9. The maximum atomic E-state index is 12.1. The monoisotopic (exact) mass is 1990 g/mol. The normalized spacial score (nSPS) is 13.9. The predicted octanol–water partition coefficient (Wildman–Crippen LogP) is 21.1. The zero-order valence-corrected chi connectivity index (χ0v) is 85.9. The quantitative estimate of drug-likeness (QED) is 0.0119. The Morgan fingerprint density at radius 2 is 0.892 bits per heavy atom. The lowest BCUT2D eigenvalue weighted by atomic mass is 10.0. The third-order valence-corrected chi connectivity index (χ3v) is 27.1. The van der Waals surface area contributed by atoms with Crippen LogP contribution in [0.1, 0.15) is 171 Å². The van der Waals surface area contributed by atoms with Crippen LogP contribution < -0.4 is 30.6 Å². The van der Waals surface area contributed by atoms with Crippen molar-refractivity contribution in [1.82, 2.24) is 88.9 Å². The Hall–Kier alpha value is -11.8. The minimum atomic E-state index is -1.29. The molecule has 3 aromatic carbocycles. The van der Waals surface area contributed by atoms with Crippen molar-refractivity contribution in [3.8, 4) is 51.0 Å².